The molecule has 1 N–H and O–H groups in total. The zero-order valence-electron chi connectivity index (χ0n) is 11.7. The maximum Gasteiger partial charge on any atom is 0.323 e. The standard InChI is InChI=1S/C16H16N2O3/c1-12-2-4-14(5-3-12)18(11-16(20)21)15(19)10-13-6-8-17-9-7-13/h2-9H,10-11H2,1H3,(H,20,21). The van der Waals surface area contributed by atoms with Gasteiger partial charge in [-0.1, -0.05) is 17.7 Å². The summed E-state index contributed by atoms with van der Waals surface area (Å²) in [6, 6.07) is 10.7. The molecule has 0 aliphatic carbocycles. The minimum atomic E-state index is -1.04. The second-order valence-corrected chi connectivity index (χ2v) is 4.74. The van der Waals surface area contributed by atoms with Gasteiger partial charge in [-0.15, -0.1) is 0 Å². The van der Waals surface area contributed by atoms with Crippen LogP contribution in [0.4, 0.5) is 5.69 Å². The predicted octanol–water partition coefficient (Wildman–Crippen LogP) is 2.05. The van der Waals surface area contributed by atoms with Crippen molar-refractivity contribution >= 4 is 17.6 Å². The lowest BCUT2D eigenvalue weighted by Gasteiger charge is -2.21. The smallest absolute Gasteiger partial charge is 0.323 e. The Labute approximate surface area is 122 Å². The molecule has 0 saturated heterocycles. The maximum atomic E-state index is 12.4. The minimum absolute atomic E-state index is 0.143. The molecule has 1 amide bonds. The lowest BCUT2D eigenvalue weighted by molar-refractivity contribution is -0.136. The summed E-state index contributed by atoms with van der Waals surface area (Å²) < 4.78 is 0. The number of nitrogens with zero attached hydrogens (tertiary/aromatic N) is 2. The van der Waals surface area contributed by atoms with Crippen molar-refractivity contribution in [2.45, 2.75) is 13.3 Å². The fourth-order valence-electron chi connectivity index (χ4n) is 1.95. The molecule has 1 heterocycles. The Morgan fingerprint density at radius 1 is 1.10 bits per heavy atom. The molecule has 108 valence electrons. The molecule has 5 nitrogen and oxygen atoms in total. The number of anilines is 1. The highest BCUT2D eigenvalue weighted by Gasteiger charge is 2.18. The van der Waals surface area contributed by atoms with Crippen LogP contribution in [0.2, 0.25) is 0 Å². The highest BCUT2D eigenvalue weighted by atomic mass is 16.4. The number of carboxylic acids is 1. The van der Waals surface area contributed by atoms with E-state index in [1.54, 1.807) is 36.7 Å². The molecule has 5 heteroatoms. The van der Waals surface area contributed by atoms with Crippen molar-refractivity contribution in [3.63, 3.8) is 0 Å². The number of carboxylic acid groups (broad SMARTS) is 1. The Hall–Kier alpha value is -2.69. The van der Waals surface area contributed by atoms with Crippen LogP contribution < -0.4 is 4.90 Å². The third kappa shape index (κ3) is 4.14. The van der Waals surface area contributed by atoms with Crippen LogP contribution in [-0.2, 0) is 16.0 Å². The number of pyridine rings is 1. The molecule has 0 aliphatic rings. The van der Waals surface area contributed by atoms with Crippen LogP contribution in [-0.4, -0.2) is 28.5 Å². The lowest BCUT2D eigenvalue weighted by atomic mass is 10.1. The number of carbonyl (C=O) groups excluding carboxylic acids is 1. The molecular weight excluding hydrogens is 268 g/mol. The summed E-state index contributed by atoms with van der Waals surface area (Å²) >= 11 is 0. The Kier molecular flexibility index (Phi) is 4.66. The monoisotopic (exact) mass is 284 g/mol. The van der Waals surface area contributed by atoms with Crippen molar-refractivity contribution in [2.75, 3.05) is 11.4 Å². The molecule has 0 aliphatic heterocycles. The van der Waals surface area contributed by atoms with Crippen LogP contribution in [0.3, 0.4) is 0 Å². The molecule has 2 aromatic rings. The number of rotatable bonds is 5. The van der Waals surface area contributed by atoms with Gasteiger partial charge in [0.05, 0.1) is 6.42 Å². The summed E-state index contributed by atoms with van der Waals surface area (Å²) in [7, 11) is 0. The van der Waals surface area contributed by atoms with Crippen LogP contribution in [0, 0.1) is 6.92 Å². The highest BCUT2D eigenvalue weighted by Crippen LogP contribution is 2.16. The van der Waals surface area contributed by atoms with Crippen molar-refractivity contribution in [3.8, 4) is 0 Å². The SMILES string of the molecule is Cc1ccc(N(CC(=O)O)C(=O)Cc2ccncc2)cc1. The van der Waals surface area contributed by atoms with E-state index in [0.717, 1.165) is 11.1 Å². The number of hydrogen-bond acceptors (Lipinski definition) is 3. The normalized spacial score (nSPS) is 10.1. The summed E-state index contributed by atoms with van der Waals surface area (Å²) in [5, 5.41) is 9.01. The summed E-state index contributed by atoms with van der Waals surface area (Å²) in [5.41, 5.74) is 2.44. The van der Waals surface area contributed by atoms with Crippen LogP contribution in [0.25, 0.3) is 0 Å². The van der Waals surface area contributed by atoms with Crippen LogP contribution >= 0.6 is 0 Å². The van der Waals surface area contributed by atoms with E-state index >= 15 is 0 Å². The number of hydrogen-bond donors (Lipinski definition) is 1. The largest absolute Gasteiger partial charge is 0.480 e. The molecule has 0 bridgehead atoms. The van der Waals surface area contributed by atoms with Crippen molar-refractivity contribution < 1.29 is 14.7 Å². The zero-order valence-corrected chi connectivity index (χ0v) is 11.7. The topological polar surface area (TPSA) is 70.5 Å². The van der Waals surface area contributed by atoms with Crippen molar-refractivity contribution in [1.29, 1.82) is 0 Å². The number of aryl methyl sites for hydroxylation is 1. The van der Waals surface area contributed by atoms with Gasteiger partial charge < -0.3 is 10.0 Å². The van der Waals surface area contributed by atoms with Crippen LogP contribution in [0.1, 0.15) is 11.1 Å². The van der Waals surface area contributed by atoms with Crippen molar-refractivity contribution in [2.24, 2.45) is 0 Å². The third-order valence-electron chi connectivity index (χ3n) is 3.04. The van der Waals surface area contributed by atoms with Gasteiger partial charge in [-0.25, -0.2) is 0 Å². The molecule has 0 fully saturated rings. The van der Waals surface area contributed by atoms with Gasteiger partial charge in [0, 0.05) is 18.1 Å². The molecule has 1 aromatic heterocycles. The summed E-state index contributed by atoms with van der Waals surface area (Å²) in [5.74, 6) is -1.30. The van der Waals surface area contributed by atoms with E-state index in [2.05, 4.69) is 4.98 Å². The Bertz CT molecular complexity index is 624. The second kappa shape index (κ2) is 6.65. The molecule has 2 rings (SSSR count). The molecule has 21 heavy (non-hydrogen) atoms. The number of aromatic nitrogens is 1. The van der Waals surface area contributed by atoms with Crippen LogP contribution in [0.5, 0.6) is 0 Å². The third-order valence-corrected chi connectivity index (χ3v) is 3.04. The first-order valence-electron chi connectivity index (χ1n) is 6.54. The van der Waals surface area contributed by atoms with Crippen molar-refractivity contribution in [3.05, 3.63) is 59.9 Å². The molecular formula is C16H16N2O3. The van der Waals surface area contributed by atoms with Gasteiger partial charge >= 0.3 is 5.97 Å². The summed E-state index contributed by atoms with van der Waals surface area (Å²) in [4.78, 5) is 28.6. The van der Waals surface area contributed by atoms with Gasteiger partial charge in [-0.3, -0.25) is 14.6 Å². The first-order chi connectivity index (χ1) is 10.1. The number of aliphatic carboxylic acids is 1. The summed E-state index contributed by atoms with van der Waals surface area (Å²) in [6.45, 7) is 1.58. The predicted molar refractivity (Wildman–Crippen MR) is 79.1 cm³/mol. The molecule has 0 saturated carbocycles. The fourth-order valence-corrected chi connectivity index (χ4v) is 1.95. The van der Waals surface area contributed by atoms with E-state index in [9.17, 15) is 9.59 Å². The molecule has 0 radical (unpaired) electrons. The van der Waals surface area contributed by atoms with E-state index < -0.39 is 5.97 Å². The van der Waals surface area contributed by atoms with Gasteiger partial charge in [0.2, 0.25) is 5.91 Å². The molecule has 0 unspecified atom stereocenters. The Balaban J connectivity index is 2.21. The first-order valence-corrected chi connectivity index (χ1v) is 6.54. The van der Waals surface area contributed by atoms with Gasteiger partial charge in [-0.05, 0) is 36.8 Å². The summed E-state index contributed by atoms with van der Waals surface area (Å²) in [6.07, 6.45) is 3.36. The van der Waals surface area contributed by atoms with Gasteiger partial charge in [0.1, 0.15) is 6.54 Å². The molecule has 1 aromatic carbocycles. The molecule has 0 spiro atoms. The van der Waals surface area contributed by atoms with Crippen LogP contribution in [0.15, 0.2) is 48.8 Å². The van der Waals surface area contributed by atoms with E-state index in [4.69, 9.17) is 5.11 Å². The van der Waals surface area contributed by atoms with Gasteiger partial charge in [0.25, 0.3) is 0 Å². The average molecular weight is 284 g/mol. The average Bonchev–Trinajstić information content (AvgIpc) is 2.46. The lowest BCUT2D eigenvalue weighted by Crippen LogP contribution is -2.36. The number of carbonyl (C=O) groups is 2. The van der Waals surface area contributed by atoms with E-state index in [1.165, 1.54) is 4.90 Å². The quantitative estimate of drug-likeness (QED) is 0.912. The van der Waals surface area contributed by atoms with E-state index in [-0.39, 0.29) is 18.9 Å². The Morgan fingerprint density at radius 3 is 2.29 bits per heavy atom. The molecule has 0 atom stereocenters. The van der Waals surface area contributed by atoms with E-state index in [1.807, 2.05) is 19.1 Å². The van der Waals surface area contributed by atoms with Gasteiger partial charge in [-0.2, -0.15) is 0 Å². The first kappa shape index (κ1) is 14.7. The Morgan fingerprint density at radius 2 is 1.71 bits per heavy atom. The maximum absolute atomic E-state index is 12.4. The zero-order chi connectivity index (χ0) is 15.2. The number of amides is 1. The number of benzene rings is 1. The van der Waals surface area contributed by atoms with Crippen molar-refractivity contribution in [1.82, 2.24) is 4.98 Å². The minimum Gasteiger partial charge on any atom is -0.480 e. The van der Waals surface area contributed by atoms with Gasteiger partial charge in [0.15, 0.2) is 0 Å². The van der Waals surface area contributed by atoms with E-state index in [0.29, 0.717) is 5.69 Å². The fraction of sp³-hybridized carbons (Fsp3) is 0.188. The second-order valence-electron chi connectivity index (χ2n) is 4.74. The highest BCUT2D eigenvalue weighted by molar-refractivity contribution is 5.98.